The van der Waals surface area contributed by atoms with E-state index in [2.05, 4.69) is 60.8 Å². The summed E-state index contributed by atoms with van der Waals surface area (Å²) in [4.78, 5) is 0. The Kier molecular flexibility index (Phi) is 5.78. The van der Waals surface area contributed by atoms with Crippen LogP contribution in [0.15, 0.2) is 54.6 Å². The summed E-state index contributed by atoms with van der Waals surface area (Å²) >= 11 is 0. The van der Waals surface area contributed by atoms with Gasteiger partial charge in [-0.1, -0.05) is 61.5 Å². The maximum Gasteiger partial charge on any atom is 0.0657 e. The van der Waals surface area contributed by atoms with Gasteiger partial charge in [-0.3, -0.25) is 0 Å². The van der Waals surface area contributed by atoms with E-state index in [-0.39, 0.29) is 6.04 Å². The molecule has 0 aromatic heterocycles. The van der Waals surface area contributed by atoms with Gasteiger partial charge in [-0.15, -0.1) is 0 Å². The molecule has 1 unspecified atom stereocenters. The Morgan fingerprint density at radius 2 is 1.60 bits per heavy atom. The second-order valence-corrected chi connectivity index (χ2v) is 4.95. The van der Waals surface area contributed by atoms with Gasteiger partial charge >= 0.3 is 0 Å². The van der Waals surface area contributed by atoms with Gasteiger partial charge in [0.2, 0.25) is 0 Å². The lowest BCUT2D eigenvalue weighted by Crippen LogP contribution is -2.25. The monoisotopic (exact) mass is 269 g/mol. The maximum absolute atomic E-state index is 5.31. The minimum atomic E-state index is 0.268. The molecule has 2 nitrogen and oxygen atoms in total. The summed E-state index contributed by atoms with van der Waals surface area (Å²) < 4.78 is 5.31. The zero-order valence-electron chi connectivity index (χ0n) is 12.3. The molecule has 2 aromatic carbocycles. The van der Waals surface area contributed by atoms with Crippen LogP contribution in [0.5, 0.6) is 0 Å². The van der Waals surface area contributed by atoms with Crippen molar-refractivity contribution in [3.63, 3.8) is 0 Å². The fourth-order valence-corrected chi connectivity index (χ4v) is 2.30. The van der Waals surface area contributed by atoms with Gasteiger partial charge in [-0.25, -0.2) is 0 Å². The highest BCUT2D eigenvalue weighted by atomic mass is 16.5. The summed E-state index contributed by atoms with van der Waals surface area (Å²) in [6, 6.07) is 19.5. The molecule has 0 aliphatic heterocycles. The number of rotatable bonds is 7. The molecule has 106 valence electrons. The number of hydrogen-bond acceptors (Lipinski definition) is 2. The van der Waals surface area contributed by atoms with E-state index < -0.39 is 0 Å². The molecular weight excluding hydrogens is 246 g/mol. The summed E-state index contributed by atoms with van der Waals surface area (Å²) in [5.74, 6) is 0. The topological polar surface area (TPSA) is 21.3 Å². The van der Waals surface area contributed by atoms with Gasteiger partial charge in [-0.2, -0.15) is 0 Å². The van der Waals surface area contributed by atoms with Crippen LogP contribution < -0.4 is 5.32 Å². The Bertz CT molecular complexity index is 493. The Morgan fingerprint density at radius 3 is 2.20 bits per heavy atom. The van der Waals surface area contributed by atoms with Crippen LogP contribution in [-0.4, -0.2) is 20.3 Å². The molecule has 1 N–H and O–H groups in total. The smallest absolute Gasteiger partial charge is 0.0657 e. The van der Waals surface area contributed by atoms with Crippen molar-refractivity contribution in [2.45, 2.75) is 19.4 Å². The zero-order chi connectivity index (χ0) is 14.2. The second-order valence-electron chi connectivity index (χ2n) is 4.95. The number of methoxy groups -OCH3 is 1. The average Bonchev–Trinajstić information content (AvgIpc) is 2.52. The highest BCUT2D eigenvalue weighted by molar-refractivity contribution is 5.63. The molecule has 0 radical (unpaired) electrons. The van der Waals surface area contributed by atoms with Gasteiger partial charge in [-0.05, 0) is 29.7 Å². The normalized spacial score (nSPS) is 12.3. The number of ether oxygens (including phenoxy) is 1. The third-order valence-electron chi connectivity index (χ3n) is 3.39. The minimum absolute atomic E-state index is 0.268. The van der Waals surface area contributed by atoms with Crippen molar-refractivity contribution >= 4 is 0 Å². The van der Waals surface area contributed by atoms with Crippen molar-refractivity contribution in [1.29, 1.82) is 0 Å². The first-order valence-corrected chi connectivity index (χ1v) is 7.23. The number of nitrogens with one attached hydrogen (secondary N) is 1. The zero-order valence-corrected chi connectivity index (χ0v) is 12.3. The van der Waals surface area contributed by atoms with Crippen LogP contribution in [0.2, 0.25) is 0 Å². The molecule has 0 spiro atoms. The molecule has 0 bridgehead atoms. The van der Waals surface area contributed by atoms with E-state index in [1.807, 2.05) is 6.07 Å². The summed E-state index contributed by atoms with van der Waals surface area (Å²) in [5, 5.41) is 3.52. The van der Waals surface area contributed by atoms with Gasteiger partial charge in [0, 0.05) is 7.11 Å². The minimum Gasteiger partial charge on any atom is -0.383 e. The Balaban J connectivity index is 2.13. The predicted molar refractivity (Wildman–Crippen MR) is 84.8 cm³/mol. The van der Waals surface area contributed by atoms with E-state index in [4.69, 9.17) is 4.74 Å². The Hall–Kier alpha value is -1.64. The van der Waals surface area contributed by atoms with E-state index in [0.717, 1.165) is 13.0 Å². The van der Waals surface area contributed by atoms with Gasteiger partial charge < -0.3 is 10.1 Å². The third-order valence-corrected chi connectivity index (χ3v) is 3.39. The lowest BCUT2D eigenvalue weighted by molar-refractivity contribution is 0.167. The fraction of sp³-hybridized carbons (Fsp3) is 0.333. The molecule has 0 aliphatic carbocycles. The molecule has 0 aliphatic rings. The molecule has 2 heteroatoms. The van der Waals surface area contributed by atoms with Gasteiger partial charge in [0.05, 0.1) is 12.6 Å². The SMILES string of the molecule is CCCNC(COC)c1ccc(-c2ccccc2)cc1. The van der Waals surface area contributed by atoms with E-state index in [0.29, 0.717) is 6.61 Å². The Labute approximate surface area is 121 Å². The standard InChI is InChI=1S/C18H23NO/c1-3-13-19-18(14-20-2)17-11-9-16(10-12-17)15-7-5-4-6-8-15/h4-12,18-19H,3,13-14H2,1-2H3. The van der Waals surface area contributed by atoms with Crippen LogP contribution in [0, 0.1) is 0 Å². The summed E-state index contributed by atoms with van der Waals surface area (Å²) in [5.41, 5.74) is 3.78. The molecule has 0 saturated carbocycles. The van der Waals surface area contributed by atoms with Gasteiger partial charge in [0.25, 0.3) is 0 Å². The largest absolute Gasteiger partial charge is 0.383 e. The number of benzene rings is 2. The Morgan fingerprint density at radius 1 is 0.950 bits per heavy atom. The lowest BCUT2D eigenvalue weighted by atomic mass is 10.0. The summed E-state index contributed by atoms with van der Waals surface area (Å²) in [6.07, 6.45) is 1.13. The van der Waals surface area contributed by atoms with Crippen molar-refractivity contribution in [2.75, 3.05) is 20.3 Å². The highest BCUT2D eigenvalue weighted by Gasteiger charge is 2.10. The lowest BCUT2D eigenvalue weighted by Gasteiger charge is -2.18. The van der Waals surface area contributed by atoms with Crippen molar-refractivity contribution < 1.29 is 4.74 Å². The van der Waals surface area contributed by atoms with E-state index >= 15 is 0 Å². The first kappa shape index (κ1) is 14.8. The predicted octanol–water partition coefficient (Wildman–Crippen LogP) is 4.04. The van der Waals surface area contributed by atoms with Crippen LogP contribution >= 0.6 is 0 Å². The fourth-order valence-electron chi connectivity index (χ4n) is 2.30. The van der Waals surface area contributed by atoms with Crippen LogP contribution in [0.3, 0.4) is 0 Å². The molecule has 20 heavy (non-hydrogen) atoms. The van der Waals surface area contributed by atoms with Crippen LogP contribution in [-0.2, 0) is 4.74 Å². The highest BCUT2D eigenvalue weighted by Crippen LogP contribution is 2.22. The van der Waals surface area contributed by atoms with Crippen molar-refractivity contribution in [3.05, 3.63) is 60.2 Å². The molecular formula is C18H23NO. The van der Waals surface area contributed by atoms with Crippen LogP contribution in [0.25, 0.3) is 11.1 Å². The van der Waals surface area contributed by atoms with E-state index in [9.17, 15) is 0 Å². The molecule has 0 fully saturated rings. The van der Waals surface area contributed by atoms with Crippen molar-refractivity contribution in [3.8, 4) is 11.1 Å². The molecule has 2 aromatic rings. The van der Waals surface area contributed by atoms with Gasteiger partial charge in [0.1, 0.15) is 0 Å². The third kappa shape index (κ3) is 3.92. The molecule has 1 atom stereocenters. The van der Waals surface area contributed by atoms with Crippen LogP contribution in [0.4, 0.5) is 0 Å². The summed E-state index contributed by atoms with van der Waals surface area (Å²) in [6.45, 7) is 3.88. The maximum atomic E-state index is 5.31. The first-order valence-electron chi connectivity index (χ1n) is 7.23. The van der Waals surface area contributed by atoms with E-state index in [1.165, 1.54) is 16.7 Å². The molecule has 0 heterocycles. The van der Waals surface area contributed by atoms with Crippen molar-refractivity contribution in [2.24, 2.45) is 0 Å². The van der Waals surface area contributed by atoms with E-state index in [1.54, 1.807) is 7.11 Å². The average molecular weight is 269 g/mol. The van der Waals surface area contributed by atoms with Crippen LogP contribution in [0.1, 0.15) is 24.9 Å². The van der Waals surface area contributed by atoms with Gasteiger partial charge in [0.15, 0.2) is 0 Å². The number of hydrogen-bond donors (Lipinski definition) is 1. The molecule has 0 amide bonds. The quantitative estimate of drug-likeness (QED) is 0.819. The first-order chi connectivity index (χ1) is 9.85. The molecule has 0 saturated heterocycles. The molecule has 2 rings (SSSR count). The second kappa shape index (κ2) is 7.83. The summed E-state index contributed by atoms with van der Waals surface area (Å²) in [7, 11) is 1.75. The van der Waals surface area contributed by atoms with Crippen molar-refractivity contribution in [1.82, 2.24) is 5.32 Å².